The molecule has 6 heteroatoms. The van der Waals surface area contributed by atoms with Crippen molar-refractivity contribution in [1.82, 2.24) is 0 Å². The summed E-state index contributed by atoms with van der Waals surface area (Å²) >= 11 is 0. The molecule has 0 fully saturated rings. The molecule has 0 radical (unpaired) electrons. The van der Waals surface area contributed by atoms with Crippen LogP contribution in [-0.2, 0) is 19.4 Å². The van der Waals surface area contributed by atoms with E-state index in [0.717, 1.165) is 0 Å². The normalized spacial score (nSPS) is 12.8. The van der Waals surface area contributed by atoms with E-state index in [-0.39, 0.29) is 16.6 Å². The fourth-order valence-electron chi connectivity index (χ4n) is 1.41. The Labute approximate surface area is 107 Å². The maximum atomic E-state index is 11.6. The van der Waals surface area contributed by atoms with Gasteiger partial charge in [0.25, 0.3) is 0 Å². The molecule has 5 nitrogen and oxygen atoms in total. The molecule has 100 valence electrons. The number of esters is 1. The standard InChI is InChI=1S/C12H17NO4S/c1-4-18(15,16)11-7-5-10(6-8-11)13-9(2)12(14)17-3/h5-9,13H,4H2,1-3H3. The number of rotatable bonds is 5. The number of carbonyl (C=O) groups excluding carboxylic acids is 1. The van der Waals surface area contributed by atoms with Gasteiger partial charge in [0.15, 0.2) is 9.84 Å². The van der Waals surface area contributed by atoms with Crippen molar-refractivity contribution >= 4 is 21.5 Å². The molecule has 0 aliphatic heterocycles. The van der Waals surface area contributed by atoms with Crippen LogP contribution in [0.2, 0.25) is 0 Å². The van der Waals surface area contributed by atoms with E-state index < -0.39 is 15.9 Å². The SMILES string of the molecule is CCS(=O)(=O)c1ccc(NC(C)C(=O)OC)cc1. The minimum absolute atomic E-state index is 0.0678. The lowest BCUT2D eigenvalue weighted by Gasteiger charge is -2.13. The highest BCUT2D eigenvalue weighted by atomic mass is 32.2. The summed E-state index contributed by atoms with van der Waals surface area (Å²) in [5.41, 5.74) is 0.669. The Hall–Kier alpha value is -1.56. The zero-order valence-corrected chi connectivity index (χ0v) is 11.5. The van der Waals surface area contributed by atoms with Gasteiger partial charge >= 0.3 is 5.97 Å². The average molecular weight is 271 g/mol. The zero-order chi connectivity index (χ0) is 13.8. The van der Waals surface area contributed by atoms with E-state index in [1.54, 1.807) is 26.0 Å². The van der Waals surface area contributed by atoms with Crippen molar-refractivity contribution in [3.8, 4) is 0 Å². The first-order valence-corrected chi connectivity index (χ1v) is 7.23. The molecule has 18 heavy (non-hydrogen) atoms. The van der Waals surface area contributed by atoms with Gasteiger partial charge in [-0.2, -0.15) is 0 Å². The molecule has 1 aromatic rings. The third-order valence-electron chi connectivity index (χ3n) is 2.53. The highest BCUT2D eigenvalue weighted by Gasteiger charge is 2.14. The lowest BCUT2D eigenvalue weighted by molar-refractivity contribution is -0.141. The van der Waals surface area contributed by atoms with E-state index in [4.69, 9.17) is 0 Å². The summed E-state index contributed by atoms with van der Waals surface area (Å²) in [5.74, 6) is -0.307. The number of ether oxygens (including phenoxy) is 1. The van der Waals surface area contributed by atoms with Crippen LogP contribution in [0.5, 0.6) is 0 Å². The van der Waals surface area contributed by atoms with Gasteiger partial charge in [-0.1, -0.05) is 6.92 Å². The summed E-state index contributed by atoms with van der Waals surface area (Å²) in [6.07, 6.45) is 0. The summed E-state index contributed by atoms with van der Waals surface area (Å²) in [6, 6.07) is 5.81. The number of carbonyl (C=O) groups is 1. The second kappa shape index (κ2) is 5.86. The van der Waals surface area contributed by atoms with Crippen LogP contribution in [0.25, 0.3) is 0 Å². The van der Waals surface area contributed by atoms with Crippen molar-refractivity contribution < 1.29 is 17.9 Å². The van der Waals surface area contributed by atoms with Crippen LogP contribution < -0.4 is 5.32 Å². The van der Waals surface area contributed by atoms with Crippen molar-refractivity contribution in [2.75, 3.05) is 18.2 Å². The van der Waals surface area contributed by atoms with Crippen LogP contribution in [-0.4, -0.2) is 33.3 Å². The van der Waals surface area contributed by atoms with E-state index in [9.17, 15) is 13.2 Å². The molecule has 0 spiro atoms. The zero-order valence-electron chi connectivity index (χ0n) is 10.6. The van der Waals surface area contributed by atoms with Gasteiger partial charge in [-0.05, 0) is 31.2 Å². The van der Waals surface area contributed by atoms with Gasteiger partial charge in [0, 0.05) is 5.69 Å². The van der Waals surface area contributed by atoms with Crippen molar-refractivity contribution in [2.24, 2.45) is 0 Å². The molecule has 1 aromatic carbocycles. The van der Waals surface area contributed by atoms with Crippen molar-refractivity contribution in [2.45, 2.75) is 24.8 Å². The van der Waals surface area contributed by atoms with Crippen molar-refractivity contribution in [3.63, 3.8) is 0 Å². The van der Waals surface area contributed by atoms with Crippen molar-refractivity contribution in [3.05, 3.63) is 24.3 Å². The molecule has 1 N–H and O–H groups in total. The van der Waals surface area contributed by atoms with Gasteiger partial charge in [0.05, 0.1) is 17.8 Å². The molecular formula is C12H17NO4S. The Morgan fingerprint density at radius 2 is 1.89 bits per heavy atom. The van der Waals surface area contributed by atoms with Crippen LogP contribution in [0.4, 0.5) is 5.69 Å². The molecule has 1 atom stereocenters. The number of benzene rings is 1. The largest absolute Gasteiger partial charge is 0.467 e. The van der Waals surface area contributed by atoms with Crippen molar-refractivity contribution in [1.29, 1.82) is 0 Å². The minimum Gasteiger partial charge on any atom is -0.467 e. The first-order chi connectivity index (χ1) is 8.40. The smallest absolute Gasteiger partial charge is 0.327 e. The predicted octanol–water partition coefficient (Wildman–Crippen LogP) is 1.45. The van der Waals surface area contributed by atoms with E-state index in [2.05, 4.69) is 10.1 Å². The summed E-state index contributed by atoms with van der Waals surface area (Å²) < 4.78 is 27.8. The number of nitrogens with one attached hydrogen (secondary N) is 1. The van der Waals surface area contributed by atoms with Gasteiger partial charge in [-0.15, -0.1) is 0 Å². The second-order valence-corrected chi connectivity index (χ2v) is 6.10. The fourth-order valence-corrected chi connectivity index (χ4v) is 2.29. The number of hydrogen-bond donors (Lipinski definition) is 1. The Morgan fingerprint density at radius 1 is 1.33 bits per heavy atom. The number of methoxy groups -OCH3 is 1. The summed E-state index contributed by atoms with van der Waals surface area (Å²) in [4.78, 5) is 11.5. The third kappa shape index (κ3) is 3.46. The molecule has 1 rings (SSSR count). The first-order valence-electron chi connectivity index (χ1n) is 5.58. The summed E-state index contributed by atoms with van der Waals surface area (Å²) in [7, 11) is -1.87. The Balaban J connectivity index is 2.81. The maximum Gasteiger partial charge on any atom is 0.327 e. The fraction of sp³-hybridized carbons (Fsp3) is 0.417. The number of anilines is 1. The summed E-state index contributed by atoms with van der Waals surface area (Å²) in [6.45, 7) is 3.27. The molecule has 0 saturated carbocycles. The third-order valence-corrected chi connectivity index (χ3v) is 4.28. The van der Waals surface area contributed by atoms with Gasteiger partial charge < -0.3 is 10.1 Å². The van der Waals surface area contributed by atoms with E-state index in [1.807, 2.05) is 0 Å². The first kappa shape index (κ1) is 14.5. The molecular weight excluding hydrogens is 254 g/mol. The lowest BCUT2D eigenvalue weighted by atomic mass is 10.2. The van der Waals surface area contributed by atoms with Gasteiger partial charge in [-0.25, -0.2) is 13.2 Å². The van der Waals surface area contributed by atoms with Crippen LogP contribution in [0.1, 0.15) is 13.8 Å². The molecule has 0 saturated heterocycles. The lowest BCUT2D eigenvalue weighted by Crippen LogP contribution is -2.27. The van der Waals surface area contributed by atoms with Crippen LogP contribution >= 0.6 is 0 Å². The number of sulfone groups is 1. The highest BCUT2D eigenvalue weighted by Crippen LogP contribution is 2.16. The monoisotopic (exact) mass is 271 g/mol. The predicted molar refractivity (Wildman–Crippen MR) is 69.3 cm³/mol. The molecule has 0 aliphatic rings. The van der Waals surface area contributed by atoms with Crippen LogP contribution in [0.3, 0.4) is 0 Å². The van der Waals surface area contributed by atoms with E-state index in [1.165, 1.54) is 19.2 Å². The number of hydrogen-bond acceptors (Lipinski definition) is 5. The van der Waals surface area contributed by atoms with Gasteiger partial charge in [0.1, 0.15) is 6.04 Å². The van der Waals surface area contributed by atoms with Crippen LogP contribution in [0, 0.1) is 0 Å². The van der Waals surface area contributed by atoms with E-state index in [0.29, 0.717) is 5.69 Å². The molecule has 1 unspecified atom stereocenters. The second-order valence-electron chi connectivity index (χ2n) is 3.82. The molecule has 0 bridgehead atoms. The van der Waals surface area contributed by atoms with Gasteiger partial charge in [-0.3, -0.25) is 0 Å². The van der Waals surface area contributed by atoms with Gasteiger partial charge in [0.2, 0.25) is 0 Å². The molecule has 0 aromatic heterocycles. The quantitative estimate of drug-likeness (QED) is 0.821. The van der Waals surface area contributed by atoms with Crippen LogP contribution in [0.15, 0.2) is 29.2 Å². The topological polar surface area (TPSA) is 72.5 Å². The maximum absolute atomic E-state index is 11.6. The molecule has 0 heterocycles. The Bertz CT molecular complexity index is 507. The molecule has 0 aliphatic carbocycles. The Morgan fingerprint density at radius 3 is 2.33 bits per heavy atom. The Kier molecular flexibility index (Phi) is 4.72. The minimum atomic E-state index is -3.18. The molecule has 0 amide bonds. The summed E-state index contributed by atoms with van der Waals surface area (Å²) in [5, 5.41) is 2.92. The average Bonchev–Trinajstić information content (AvgIpc) is 2.38. The highest BCUT2D eigenvalue weighted by molar-refractivity contribution is 7.91. The van der Waals surface area contributed by atoms with E-state index >= 15 is 0 Å².